The van der Waals surface area contributed by atoms with Gasteiger partial charge in [-0.25, -0.2) is 0 Å². The van der Waals surface area contributed by atoms with Crippen molar-refractivity contribution in [3.63, 3.8) is 0 Å². The maximum atomic E-state index is 13.8. The van der Waals surface area contributed by atoms with Crippen molar-refractivity contribution in [3.05, 3.63) is 47.3 Å². The zero-order chi connectivity index (χ0) is 24.2. The number of nitrogens with zero attached hydrogens (tertiary/aromatic N) is 2. The normalized spacial score (nSPS) is 20.9. The number of hydrogen-bond donors (Lipinski definition) is 4. The SMILES string of the molecule is CC[C@H](C)[C@@H](CN[C@H]1CCc2cccc3c2N(C1=O)[C@H](C(=O)NCc1ccn[nH]1)C3)NC(C)=O. The van der Waals surface area contributed by atoms with Crippen molar-refractivity contribution in [1.29, 1.82) is 0 Å². The van der Waals surface area contributed by atoms with E-state index in [4.69, 9.17) is 0 Å². The maximum absolute atomic E-state index is 13.8. The topological polar surface area (TPSA) is 119 Å². The Kier molecular flexibility index (Phi) is 7.31. The van der Waals surface area contributed by atoms with Crippen molar-refractivity contribution in [3.8, 4) is 0 Å². The number of H-pyrrole nitrogens is 1. The molecule has 0 saturated carbocycles. The number of para-hydroxylation sites is 1. The molecule has 9 nitrogen and oxygen atoms in total. The highest BCUT2D eigenvalue weighted by Crippen LogP contribution is 2.39. The number of benzene rings is 1. The standard InChI is InChI=1S/C25H34N6O3/c1-4-15(2)21(29-16(3)32)14-26-20-9-8-17-6-5-7-18-12-22(31(23(17)18)25(20)34)24(33)27-13-19-10-11-28-30-19/h5-7,10-11,15,20-22,26H,4,8-9,12-14H2,1-3H3,(H,27,33)(H,28,30)(H,29,32)/t15-,20-,21+,22-/m0/s1. The zero-order valence-electron chi connectivity index (χ0n) is 20.1. The van der Waals surface area contributed by atoms with E-state index in [-0.39, 0.29) is 29.7 Å². The van der Waals surface area contributed by atoms with Crippen LogP contribution in [0.4, 0.5) is 5.69 Å². The van der Waals surface area contributed by atoms with E-state index in [0.717, 1.165) is 35.3 Å². The van der Waals surface area contributed by atoms with Crippen LogP contribution in [0.25, 0.3) is 0 Å². The van der Waals surface area contributed by atoms with Crippen LogP contribution in [-0.4, -0.2) is 52.6 Å². The van der Waals surface area contributed by atoms with E-state index in [2.05, 4.69) is 40.0 Å². The smallest absolute Gasteiger partial charge is 0.244 e. The first-order valence-corrected chi connectivity index (χ1v) is 12.1. The van der Waals surface area contributed by atoms with Gasteiger partial charge in [0, 0.05) is 32.1 Å². The van der Waals surface area contributed by atoms with Crippen molar-refractivity contribution >= 4 is 23.4 Å². The van der Waals surface area contributed by atoms with Gasteiger partial charge in [-0.15, -0.1) is 0 Å². The Hall–Kier alpha value is -3.20. The quantitative estimate of drug-likeness (QED) is 0.446. The van der Waals surface area contributed by atoms with E-state index in [1.807, 2.05) is 24.3 Å². The van der Waals surface area contributed by atoms with E-state index in [1.165, 1.54) is 6.92 Å². The van der Waals surface area contributed by atoms with Gasteiger partial charge in [-0.05, 0) is 36.0 Å². The average Bonchev–Trinajstić information content (AvgIpc) is 3.45. The second-order valence-corrected chi connectivity index (χ2v) is 9.34. The Morgan fingerprint density at radius 1 is 1.26 bits per heavy atom. The molecule has 2 aliphatic heterocycles. The molecule has 4 rings (SSSR count). The third-order valence-corrected chi connectivity index (χ3v) is 7.02. The first kappa shape index (κ1) is 23.9. The van der Waals surface area contributed by atoms with Crippen LogP contribution in [0.1, 0.15) is 50.4 Å². The molecule has 182 valence electrons. The third kappa shape index (κ3) is 4.99. The number of rotatable bonds is 9. The number of aryl methyl sites for hydroxylation is 1. The summed E-state index contributed by atoms with van der Waals surface area (Å²) in [5.74, 6) is -0.0728. The fourth-order valence-corrected chi connectivity index (χ4v) is 4.92. The van der Waals surface area contributed by atoms with E-state index in [0.29, 0.717) is 25.9 Å². The molecule has 4 atom stereocenters. The summed E-state index contributed by atoms with van der Waals surface area (Å²) in [5.41, 5.74) is 3.82. The summed E-state index contributed by atoms with van der Waals surface area (Å²) in [6.07, 6.45) is 4.45. The van der Waals surface area contributed by atoms with Gasteiger partial charge in [0.1, 0.15) is 6.04 Å². The van der Waals surface area contributed by atoms with Gasteiger partial charge in [-0.1, -0.05) is 38.5 Å². The zero-order valence-corrected chi connectivity index (χ0v) is 20.1. The van der Waals surface area contributed by atoms with Gasteiger partial charge in [-0.2, -0.15) is 5.10 Å². The van der Waals surface area contributed by atoms with E-state index in [1.54, 1.807) is 11.1 Å². The summed E-state index contributed by atoms with van der Waals surface area (Å²) in [6, 6.07) is 6.78. The molecule has 4 N–H and O–H groups in total. The minimum atomic E-state index is -0.588. The molecule has 1 aromatic carbocycles. The van der Waals surface area contributed by atoms with Gasteiger partial charge < -0.3 is 16.0 Å². The molecule has 2 aromatic rings. The Morgan fingerprint density at radius 2 is 2.06 bits per heavy atom. The number of amides is 3. The lowest BCUT2D eigenvalue weighted by atomic mass is 9.98. The molecule has 34 heavy (non-hydrogen) atoms. The number of anilines is 1. The molecule has 0 radical (unpaired) electrons. The maximum Gasteiger partial charge on any atom is 0.244 e. The lowest BCUT2D eigenvalue weighted by molar-refractivity contribution is -0.127. The Balaban J connectivity index is 1.52. The Labute approximate surface area is 200 Å². The summed E-state index contributed by atoms with van der Waals surface area (Å²) in [7, 11) is 0. The highest BCUT2D eigenvalue weighted by molar-refractivity contribution is 6.06. The second-order valence-electron chi connectivity index (χ2n) is 9.34. The van der Waals surface area contributed by atoms with Gasteiger partial charge in [0.05, 0.1) is 24.0 Å². The fraction of sp³-hybridized carbons (Fsp3) is 0.520. The summed E-state index contributed by atoms with van der Waals surface area (Å²) in [4.78, 5) is 40.4. The number of aromatic nitrogens is 2. The molecule has 0 saturated heterocycles. The molecular weight excluding hydrogens is 432 g/mol. The van der Waals surface area contributed by atoms with Crippen LogP contribution >= 0.6 is 0 Å². The Morgan fingerprint density at radius 3 is 2.76 bits per heavy atom. The predicted molar refractivity (Wildman–Crippen MR) is 129 cm³/mol. The summed E-state index contributed by atoms with van der Waals surface area (Å²) < 4.78 is 0. The van der Waals surface area contributed by atoms with Crippen molar-refractivity contribution in [2.45, 2.75) is 71.1 Å². The first-order valence-electron chi connectivity index (χ1n) is 12.1. The van der Waals surface area contributed by atoms with Gasteiger partial charge in [0.2, 0.25) is 17.7 Å². The van der Waals surface area contributed by atoms with Crippen molar-refractivity contribution in [2.75, 3.05) is 11.4 Å². The van der Waals surface area contributed by atoms with Gasteiger partial charge in [-0.3, -0.25) is 24.4 Å². The molecule has 0 spiro atoms. The highest BCUT2D eigenvalue weighted by Gasteiger charge is 2.43. The minimum Gasteiger partial charge on any atom is -0.352 e. The molecule has 9 heteroatoms. The van der Waals surface area contributed by atoms with Gasteiger partial charge in [0.15, 0.2) is 0 Å². The van der Waals surface area contributed by atoms with Crippen LogP contribution in [-0.2, 0) is 33.8 Å². The molecule has 1 aromatic heterocycles. The number of nitrogens with one attached hydrogen (secondary N) is 4. The first-order chi connectivity index (χ1) is 16.4. The number of carbonyl (C=O) groups excluding carboxylic acids is 3. The third-order valence-electron chi connectivity index (χ3n) is 7.02. The van der Waals surface area contributed by atoms with Crippen LogP contribution in [0.2, 0.25) is 0 Å². The van der Waals surface area contributed by atoms with E-state index >= 15 is 0 Å². The second kappa shape index (κ2) is 10.4. The highest BCUT2D eigenvalue weighted by atomic mass is 16.2. The van der Waals surface area contributed by atoms with Crippen molar-refractivity contribution < 1.29 is 14.4 Å². The van der Waals surface area contributed by atoms with Crippen LogP contribution < -0.4 is 20.9 Å². The molecule has 0 bridgehead atoms. The predicted octanol–water partition coefficient (Wildman–Crippen LogP) is 1.44. The van der Waals surface area contributed by atoms with Crippen LogP contribution in [0.5, 0.6) is 0 Å². The molecule has 3 amide bonds. The minimum absolute atomic E-state index is 0.0661. The summed E-state index contributed by atoms with van der Waals surface area (Å²) >= 11 is 0. The van der Waals surface area contributed by atoms with E-state index in [9.17, 15) is 14.4 Å². The molecule has 0 unspecified atom stereocenters. The van der Waals surface area contributed by atoms with Crippen LogP contribution in [0.15, 0.2) is 30.5 Å². The van der Waals surface area contributed by atoms with Crippen molar-refractivity contribution in [2.24, 2.45) is 5.92 Å². The lowest BCUT2D eigenvalue weighted by Gasteiger charge is -2.30. The monoisotopic (exact) mass is 466 g/mol. The molecule has 0 aliphatic carbocycles. The van der Waals surface area contributed by atoms with Gasteiger partial charge in [0.25, 0.3) is 0 Å². The molecular formula is C25H34N6O3. The van der Waals surface area contributed by atoms with E-state index < -0.39 is 12.1 Å². The molecule has 0 fully saturated rings. The number of hydrogen-bond acceptors (Lipinski definition) is 5. The fourth-order valence-electron chi connectivity index (χ4n) is 4.92. The lowest BCUT2D eigenvalue weighted by Crippen LogP contribution is -2.55. The van der Waals surface area contributed by atoms with Crippen molar-refractivity contribution in [1.82, 2.24) is 26.1 Å². The molecule has 2 aliphatic rings. The summed E-state index contributed by atoms with van der Waals surface area (Å²) in [5, 5.41) is 16.1. The van der Waals surface area contributed by atoms with Crippen LogP contribution in [0, 0.1) is 5.92 Å². The molecule has 3 heterocycles. The number of carbonyl (C=O) groups is 3. The Bertz CT molecular complexity index is 1040. The average molecular weight is 467 g/mol. The summed E-state index contributed by atoms with van der Waals surface area (Å²) in [6.45, 7) is 6.53. The van der Waals surface area contributed by atoms with Gasteiger partial charge >= 0.3 is 0 Å². The number of aromatic amines is 1. The largest absolute Gasteiger partial charge is 0.352 e. The van der Waals surface area contributed by atoms with Crippen LogP contribution in [0.3, 0.4) is 0 Å².